The number of hydrogen-bond acceptors (Lipinski definition) is 2. The third-order valence-corrected chi connectivity index (χ3v) is 2.45. The molecule has 0 fully saturated rings. The number of rotatable bonds is 2. The van der Waals surface area contributed by atoms with E-state index in [1.54, 1.807) is 0 Å². The van der Waals surface area contributed by atoms with Crippen LogP contribution in [0.3, 0.4) is 0 Å². The molecule has 76 valence electrons. The molecule has 0 spiro atoms. The lowest BCUT2D eigenvalue weighted by Gasteiger charge is -2.13. The maximum absolute atomic E-state index is 10.7. The van der Waals surface area contributed by atoms with Crippen LogP contribution < -0.4 is 5.73 Å². The van der Waals surface area contributed by atoms with Crippen molar-refractivity contribution in [2.45, 2.75) is 26.8 Å². The van der Waals surface area contributed by atoms with Crippen molar-refractivity contribution in [2.24, 2.45) is 5.73 Å². The van der Waals surface area contributed by atoms with Gasteiger partial charge in [0.15, 0.2) is 0 Å². The van der Waals surface area contributed by atoms with E-state index in [4.69, 9.17) is 10.8 Å². The van der Waals surface area contributed by atoms with Crippen LogP contribution in [0.4, 0.5) is 0 Å². The van der Waals surface area contributed by atoms with Crippen LogP contribution in [0.5, 0.6) is 0 Å². The van der Waals surface area contributed by atoms with E-state index >= 15 is 0 Å². The Morgan fingerprint density at radius 3 is 2.43 bits per heavy atom. The summed E-state index contributed by atoms with van der Waals surface area (Å²) >= 11 is 0. The zero-order valence-corrected chi connectivity index (χ0v) is 8.66. The standard InChI is InChI=1S/C11H15NO2/c1-6-4-7(2)8(3)9(5-6)10(12)11(13)14/h4-5,10H,12H2,1-3H3,(H,13,14)/t10-/m0/s1. The largest absolute Gasteiger partial charge is 0.480 e. The molecule has 0 aliphatic carbocycles. The second kappa shape index (κ2) is 3.80. The Morgan fingerprint density at radius 1 is 1.36 bits per heavy atom. The smallest absolute Gasteiger partial charge is 0.325 e. The highest BCUT2D eigenvalue weighted by atomic mass is 16.4. The SMILES string of the molecule is Cc1cc(C)c(C)c([C@H](N)C(=O)O)c1. The summed E-state index contributed by atoms with van der Waals surface area (Å²) < 4.78 is 0. The fraction of sp³-hybridized carbons (Fsp3) is 0.364. The number of nitrogens with two attached hydrogens (primary N) is 1. The first-order chi connectivity index (χ1) is 6.43. The lowest BCUT2D eigenvalue weighted by molar-refractivity contribution is -0.138. The number of carbonyl (C=O) groups is 1. The molecule has 3 heteroatoms. The molecule has 0 heterocycles. The number of aliphatic carboxylic acids is 1. The van der Waals surface area contributed by atoms with Crippen LogP contribution in [0.25, 0.3) is 0 Å². The van der Waals surface area contributed by atoms with Gasteiger partial charge in [0, 0.05) is 0 Å². The predicted octanol–water partition coefficient (Wildman–Crippen LogP) is 1.70. The summed E-state index contributed by atoms with van der Waals surface area (Å²) in [6, 6.07) is 2.93. The summed E-state index contributed by atoms with van der Waals surface area (Å²) in [7, 11) is 0. The van der Waals surface area contributed by atoms with E-state index < -0.39 is 12.0 Å². The fourth-order valence-corrected chi connectivity index (χ4v) is 1.53. The van der Waals surface area contributed by atoms with E-state index in [0.717, 1.165) is 16.7 Å². The van der Waals surface area contributed by atoms with Crippen molar-refractivity contribution in [3.63, 3.8) is 0 Å². The topological polar surface area (TPSA) is 63.3 Å². The van der Waals surface area contributed by atoms with E-state index in [2.05, 4.69) is 0 Å². The Bertz CT molecular complexity index is 372. The molecule has 1 rings (SSSR count). The van der Waals surface area contributed by atoms with Crippen LogP contribution in [-0.2, 0) is 4.79 Å². The average Bonchev–Trinajstić information content (AvgIpc) is 2.09. The van der Waals surface area contributed by atoms with E-state index in [1.165, 1.54) is 0 Å². The fourth-order valence-electron chi connectivity index (χ4n) is 1.53. The monoisotopic (exact) mass is 193 g/mol. The number of aryl methyl sites for hydroxylation is 2. The van der Waals surface area contributed by atoms with Gasteiger partial charge in [0.25, 0.3) is 0 Å². The molecule has 0 saturated heterocycles. The van der Waals surface area contributed by atoms with Gasteiger partial charge in [-0.05, 0) is 37.5 Å². The molecular weight excluding hydrogens is 178 g/mol. The van der Waals surface area contributed by atoms with E-state index in [1.807, 2.05) is 32.9 Å². The van der Waals surface area contributed by atoms with Crippen molar-refractivity contribution >= 4 is 5.97 Å². The summed E-state index contributed by atoms with van der Waals surface area (Å²) in [5, 5.41) is 8.82. The normalized spacial score (nSPS) is 12.6. The lowest BCUT2D eigenvalue weighted by atomic mass is 9.95. The van der Waals surface area contributed by atoms with Gasteiger partial charge in [-0.25, -0.2) is 0 Å². The summed E-state index contributed by atoms with van der Waals surface area (Å²) in [5.74, 6) is -0.988. The molecule has 3 N–H and O–H groups in total. The van der Waals surface area contributed by atoms with Gasteiger partial charge in [-0.3, -0.25) is 4.79 Å². The molecular formula is C11H15NO2. The van der Waals surface area contributed by atoms with E-state index in [-0.39, 0.29) is 0 Å². The van der Waals surface area contributed by atoms with E-state index in [0.29, 0.717) is 5.56 Å². The number of hydrogen-bond donors (Lipinski definition) is 2. The number of benzene rings is 1. The van der Waals surface area contributed by atoms with E-state index in [9.17, 15) is 4.79 Å². The van der Waals surface area contributed by atoms with Gasteiger partial charge in [0.2, 0.25) is 0 Å². The highest BCUT2D eigenvalue weighted by Gasteiger charge is 2.17. The van der Waals surface area contributed by atoms with Crippen LogP contribution in [0, 0.1) is 20.8 Å². The molecule has 0 unspecified atom stereocenters. The van der Waals surface area contributed by atoms with Crippen molar-refractivity contribution in [1.82, 2.24) is 0 Å². The molecule has 0 aliphatic rings. The molecule has 0 amide bonds. The zero-order chi connectivity index (χ0) is 10.9. The van der Waals surface area contributed by atoms with Gasteiger partial charge in [0.1, 0.15) is 6.04 Å². The van der Waals surface area contributed by atoms with Gasteiger partial charge in [-0.2, -0.15) is 0 Å². The van der Waals surface area contributed by atoms with Crippen molar-refractivity contribution in [2.75, 3.05) is 0 Å². The Hall–Kier alpha value is -1.35. The predicted molar refractivity (Wildman–Crippen MR) is 55.2 cm³/mol. The highest BCUT2D eigenvalue weighted by Crippen LogP contribution is 2.21. The first kappa shape index (κ1) is 10.7. The Kier molecular flexibility index (Phi) is 2.91. The minimum atomic E-state index is -0.988. The van der Waals surface area contributed by atoms with Crippen LogP contribution in [0.1, 0.15) is 28.3 Å². The molecule has 14 heavy (non-hydrogen) atoms. The van der Waals surface area contributed by atoms with Crippen molar-refractivity contribution in [1.29, 1.82) is 0 Å². The quantitative estimate of drug-likeness (QED) is 0.751. The average molecular weight is 193 g/mol. The molecule has 0 bridgehead atoms. The lowest BCUT2D eigenvalue weighted by Crippen LogP contribution is -2.22. The summed E-state index contributed by atoms with van der Waals surface area (Å²) in [5.41, 5.74) is 9.37. The van der Waals surface area contributed by atoms with Gasteiger partial charge in [0.05, 0.1) is 0 Å². The maximum atomic E-state index is 10.7. The minimum absolute atomic E-state index is 0.704. The number of carboxylic acids is 1. The maximum Gasteiger partial charge on any atom is 0.325 e. The molecule has 1 aromatic rings. The number of carboxylic acid groups (broad SMARTS) is 1. The van der Waals surface area contributed by atoms with Gasteiger partial charge < -0.3 is 10.8 Å². The zero-order valence-electron chi connectivity index (χ0n) is 8.66. The van der Waals surface area contributed by atoms with Crippen LogP contribution in [0.15, 0.2) is 12.1 Å². The van der Waals surface area contributed by atoms with Gasteiger partial charge in [-0.1, -0.05) is 17.7 Å². The molecule has 1 aromatic carbocycles. The third kappa shape index (κ3) is 1.93. The molecule has 0 radical (unpaired) electrons. The summed E-state index contributed by atoms with van der Waals surface area (Å²) in [4.78, 5) is 10.7. The molecule has 0 saturated carbocycles. The second-order valence-electron chi connectivity index (χ2n) is 3.61. The molecule has 3 nitrogen and oxygen atoms in total. The first-order valence-corrected chi connectivity index (χ1v) is 4.49. The molecule has 0 aliphatic heterocycles. The van der Waals surface area contributed by atoms with Crippen LogP contribution in [0.2, 0.25) is 0 Å². The van der Waals surface area contributed by atoms with Crippen molar-refractivity contribution in [3.05, 3.63) is 34.4 Å². The van der Waals surface area contributed by atoms with Crippen molar-refractivity contribution < 1.29 is 9.90 Å². The van der Waals surface area contributed by atoms with Gasteiger partial charge >= 0.3 is 5.97 Å². The summed E-state index contributed by atoms with van der Waals surface area (Å²) in [6.07, 6.45) is 0. The second-order valence-corrected chi connectivity index (χ2v) is 3.61. The summed E-state index contributed by atoms with van der Waals surface area (Å²) in [6.45, 7) is 5.79. The Morgan fingerprint density at radius 2 is 1.93 bits per heavy atom. The Balaban J connectivity index is 3.26. The third-order valence-electron chi connectivity index (χ3n) is 2.45. The molecule has 1 atom stereocenters. The van der Waals surface area contributed by atoms with Crippen LogP contribution in [-0.4, -0.2) is 11.1 Å². The highest BCUT2D eigenvalue weighted by molar-refractivity contribution is 5.76. The van der Waals surface area contributed by atoms with Crippen LogP contribution >= 0.6 is 0 Å². The minimum Gasteiger partial charge on any atom is -0.480 e. The Labute approximate surface area is 83.6 Å². The van der Waals surface area contributed by atoms with Crippen molar-refractivity contribution in [3.8, 4) is 0 Å². The van der Waals surface area contributed by atoms with Gasteiger partial charge in [-0.15, -0.1) is 0 Å². The first-order valence-electron chi connectivity index (χ1n) is 4.49. The molecule has 0 aromatic heterocycles.